The van der Waals surface area contributed by atoms with Gasteiger partial charge >= 0.3 is 0 Å². The Morgan fingerprint density at radius 3 is 2.52 bits per heavy atom. The van der Waals surface area contributed by atoms with Crippen molar-refractivity contribution in [3.8, 4) is 16.9 Å². The molecule has 2 aromatic rings. The third-order valence-corrected chi connectivity index (χ3v) is 5.49. The molecule has 1 aliphatic rings. The minimum absolute atomic E-state index is 0.0558. The summed E-state index contributed by atoms with van der Waals surface area (Å²) < 4.78 is 26.6. The van der Waals surface area contributed by atoms with Crippen LogP contribution in [0.3, 0.4) is 0 Å². The molecule has 0 unspecified atom stereocenters. The van der Waals surface area contributed by atoms with Crippen molar-refractivity contribution in [1.82, 2.24) is 9.29 Å². The van der Waals surface area contributed by atoms with Gasteiger partial charge in [-0.2, -0.15) is 4.31 Å². The third-order valence-electron chi connectivity index (χ3n) is 3.59. The Hall–Kier alpha value is -1.92. The largest absolute Gasteiger partial charge is 0.506 e. The first kappa shape index (κ1) is 14.0. The van der Waals surface area contributed by atoms with Gasteiger partial charge in [-0.05, 0) is 36.6 Å². The van der Waals surface area contributed by atoms with E-state index in [1.54, 1.807) is 36.5 Å². The van der Waals surface area contributed by atoms with Crippen LogP contribution in [-0.4, -0.2) is 35.9 Å². The summed E-state index contributed by atoms with van der Waals surface area (Å²) in [5.74, 6) is 0.0558. The van der Waals surface area contributed by atoms with Gasteiger partial charge in [-0.15, -0.1) is 0 Å². The first-order valence-electron chi connectivity index (χ1n) is 6.82. The number of nitrogens with zero attached hydrogens (tertiary/aromatic N) is 2. The molecule has 21 heavy (non-hydrogen) atoms. The van der Waals surface area contributed by atoms with Crippen LogP contribution in [0, 0.1) is 0 Å². The SMILES string of the molecule is O=S(=O)(c1cccc(-c2cncc(O)c2)c1)N1CCCC1. The lowest BCUT2D eigenvalue weighted by Gasteiger charge is -2.16. The predicted molar refractivity (Wildman–Crippen MR) is 79.3 cm³/mol. The smallest absolute Gasteiger partial charge is 0.243 e. The molecule has 2 heterocycles. The molecular weight excluding hydrogens is 288 g/mol. The van der Waals surface area contributed by atoms with Gasteiger partial charge in [0.05, 0.1) is 11.1 Å². The molecule has 0 radical (unpaired) electrons. The summed E-state index contributed by atoms with van der Waals surface area (Å²) in [5.41, 5.74) is 1.41. The van der Waals surface area contributed by atoms with Crippen molar-refractivity contribution < 1.29 is 13.5 Å². The van der Waals surface area contributed by atoms with E-state index in [9.17, 15) is 13.5 Å². The number of aromatic nitrogens is 1. The predicted octanol–water partition coefficient (Wildman–Crippen LogP) is 2.24. The van der Waals surface area contributed by atoms with Crippen molar-refractivity contribution in [2.45, 2.75) is 17.7 Å². The highest BCUT2D eigenvalue weighted by Crippen LogP contribution is 2.27. The zero-order chi connectivity index (χ0) is 14.9. The second-order valence-electron chi connectivity index (χ2n) is 5.07. The van der Waals surface area contributed by atoms with Gasteiger partial charge in [0.2, 0.25) is 10.0 Å². The molecule has 0 aliphatic carbocycles. The Bertz CT molecular complexity index is 753. The summed E-state index contributed by atoms with van der Waals surface area (Å²) in [6.07, 6.45) is 4.76. The normalized spacial score (nSPS) is 16.2. The average Bonchev–Trinajstić information content (AvgIpc) is 3.02. The third kappa shape index (κ3) is 2.77. The molecule has 1 aliphatic heterocycles. The quantitative estimate of drug-likeness (QED) is 0.944. The molecule has 5 nitrogen and oxygen atoms in total. The van der Waals surface area contributed by atoms with Gasteiger partial charge in [-0.1, -0.05) is 12.1 Å². The van der Waals surface area contributed by atoms with Crippen molar-refractivity contribution in [2.24, 2.45) is 0 Å². The van der Waals surface area contributed by atoms with Crippen molar-refractivity contribution in [1.29, 1.82) is 0 Å². The molecule has 1 aromatic heterocycles. The van der Waals surface area contributed by atoms with Crippen molar-refractivity contribution in [2.75, 3.05) is 13.1 Å². The van der Waals surface area contributed by atoms with Gasteiger partial charge in [-0.25, -0.2) is 8.42 Å². The lowest BCUT2D eigenvalue weighted by molar-refractivity contribution is 0.473. The monoisotopic (exact) mass is 304 g/mol. The lowest BCUT2D eigenvalue weighted by Crippen LogP contribution is -2.27. The molecule has 1 N–H and O–H groups in total. The Morgan fingerprint density at radius 1 is 1.05 bits per heavy atom. The van der Waals surface area contributed by atoms with Gasteiger partial charge < -0.3 is 5.11 Å². The van der Waals surface area contributed by atoms with E-state index in [0.717, 1.165) is 18.4 Å². The first-order valence-corrected chi connectivity index (χ1v) is 8.26. The molecule has 110 valence electrons. The molecule has 3 rings (SSSR count). The minimum atomic E-state index is -3.43. The molecule has 1 aromatic carbocycles. The summed E-state index contributed by atoms with van der Waals surface area (Å²) in [7, 11) is -3.43. The fourth-order valence-corrected chi connectivity index (χ4v) is 4.06. The first-order chi connectivity index (χ1) is 10.1. The number of sulfonamides is 1. The topological polar surface area (TPSA) is 70.5 Å². The van der Waals surface area contributed by atoms with Crippen LogP contribution in [0.25, 0.3) is 11.1 Å². The molecule has 1 saturated heterocycles. The van der Waals surface area contributed by atoms with E-state index in [2.05, 4.69) is 4.98 Å². The maximum absolute atomic E-state index is 12.5. The van der Waals surface area contributed by atoms with E-state index in [1.807, 2.05) is 0 Å². The minimum Gasteiger partial charge on any atom is -0.506 e. The fourth-order valence-electron chi connectivity index (χ4n) is 2.50. The van der Waals surface area contributed by atoms with E-state index >= 15 is 0 Å². The van der Waals surface area contributed by atoms with Crippen LogP contribution in [0.1, 0.15) is 12.8 Å². The number of hydrogen-bond donors (Lipinski definition) is 1. The Morgan fingerprint density at radius 2 is 1.81 bits per heavy atom. The summed E-state index contributed by atoms with van der Waals surface area (Å²) in [6.45, 7) is 1.17. The zero-order valence-corrected chi connectivity index (χ0v) is 12.3. The molecule has 0 saturated carbocycles. The van der Waals surface area contributed by atoms with E-state index in [0.29, 0.717) is 18.7 Å². The van der Waals surface area contributed by atoms with Crippen LogP contribution < -0.4 is 0 Å². The summed E-state index contributed by atoms with van der Waals surface area (Å²) in [5, 5.41) is 9.49. The second kappa shape index (κ2) is 5.46. The molecule has 0 amide bonds. The van der Waals surface area contributed by atoms with Crippen LogP contribution in [0.4, 0.5) is 0 Å². The highest BCUT2D eigenvalue weighted by molar-refractivity contribution is 7.89. The summed E-state index contributed by atoms with van der Waals surface area (Å²) in [6, 6.07) is 8.31. The van der Waals surface area contributed by atoms with Gasteiger partial charge in [-0.3, -0.25) is 4.98 Å². The molecule has 0 atom stereocenters. The average molecular weight is 304 g/mol. The van der Waals surface area contributed by atoms with E-state index in [1.165, 1.54) is 10.5 Å². The summed E-state index contributed by atoms with van der Waals surface area (Å²) >= 11 is 0. The maximum atomic E-state index is 12.5. The highest BCUT2D eigenvalue weighted by Gasteiger charge is 2.27. The number of pyridine rings is 1. The van der Waals surface area contributed by atoms with Crippen LogP contribution in [0.5, 0.6) is 5.75 Å². The number of benzene rings is 1. The standard InChI is InChI=1S/C15H16N2O3S/c18-14-8-13(10-16-11-14)12-4-3-5-15(9-12)21(19,20)17-6-1-2-7-17/h3-5,8-11,18H,1-2,6-7H2. The number of aromatic hydroxyl groups is 1. The molecule has 6 heteroatoms. The molecule has 0 spiro atoms. The van der Waals surface area contributed by atoms with Gasteiger partial charge in [0, 0.05) is 24.8 Å². The van der Waals surface area contributed by atoms with E-state index in [-0.39, 0.29) is 10.6 Å². The molecular formula is C15H16N2O3S. The number of hydrogen-bond acceptors (Lipinski definition) is 4. The molecule has 1 fully saturated rings. The Labute approximate surface area is 123 Å². The molecule has 0 bridgehead atoms. The van der Waals surface area contributed by atoms with Crippen LogP contribution >= 0.6 is 0 Å². The summed E-state index contributed by atoms with van der Waals surface area (Å²) in [4.78, 5) is 4.20. The number of rotatable bonds is 3. The van der Waals surface area contributed by atoms with Crippen molar-refractivity contribution >= 4 is 10.0 Å². The van der Waals surface area contributed by atoms with Crippen LogP contribution in [-0.2, 0) is 10.0 Å². The van der Waals surface area contributed by atoms with Crippen molar-refractivity contribution in [3.63, 3.8) is 0 Å². The zero-order valence-electron chi connectivity index (χ0n) is 11.4. The lowest BCUT2D eigenvalue weighted by atomic mass is 10.1. The van der Waals surface area contributed by atoms with Crippen LogP contribution in [0.15, 0.2) is 47.6 Å². The van der Waals surface area contributed by atoms with E-state index < -0.39 is 10.0 Å². The Kier molecular flexibility index (Phi) is 3.65. The van der Waals surface area contributed by atoms with Gasteiger partial charge in [0.1, 0.15) is 5.75 Å². The van der Waals surface area contributed by atoms with Gasteiger partial charge in [0.25, 0.3) is 0 Å². The highest BCUT2D eigenvalue weighted by atomic mass is 32.2. The Balaban J connectivity index is 2.00. The maximum Gasteiger partial charge on any atom is 0.243 e. The second-order valence-corrected chi connectivity index (χ2v) is 7.01. The fraction of sp³-hybridized carbons (Fsp3) is 0.267. The van der Waals surface area contributed by atoms with Gasteiger partial charge in [0.15, 0.2) is 0 Å². The van der Waals surface area contributed by atoms with Crippen molar-refractivity contribution in [3.05, 3.63) is 42.7 Å². The van der Waals surface area contributed by atoms with E-state index in [4.69, 9.17) is 0 Å². The van der Waals surface area contributed by atoms with Crippen LogP contribution in [0.2, 0.25) is 0 Å².